The lowest BCUT2D eigenvalue weighted by Crippen LogP contribution is -2.25. The molecule has 7 heteroatoms. The molecule has 4 rings (SSSR count). The van der Waals surface area contributed by atoms with Gasteiger partial charge in [0, 0.05) is 16.7 Å². The number of amides is 1. The van der Waals surface area contributed by atoms with Crippen LogP contribution in [0.5, 0.6) is 5.75 Å². The van der Waals surface area contributed by atoms with Gasteiger partial charge in [0.05, 0.1) is 18.0 Å². The molecule has 1 aromatic carbocycles. The van der Waals surface area contributed by atoms with Gasteiger partial charge in [0.15, 0.2) is 0 Å². The van der Waals surface area contributed by atoms with Crippen molar-refractivity contribution in [3.63, 3.8) is 0 Å². The summed E-state index contributed by atoms with van der Waals surface area (Å²) in [6.07, 6.45) is 6.06. The quantitative estimate of drug-likeness (QED) is 0.492. The van der Waals surface area contributed by atoms with E-state index in [0.717, 1.165) is 22.4 Å². The lowest BCUT2D eigenvalue weighted by atomic mass is 9.80. The molecular weight excluding hydrogens is 402 g/mol. The molecule has 0 bridgehead atoms. The largest absolute Gasteiger partial charge is 0.495 e. The van der Waals surface area contributed by atoms with Gasteiger partial charge >= 0.3 is 0 Å². The molecule has 1 aliphatic heterocycles. The number of carbonyl (C=O) groups is 1. The number of aromatic nitrogens is 2. The molecule has 1 amide bonds. The number of methoxy groups -OCH3 is 1. The monoisotopic (exact) mass is 429 g/mol. The van der Waals surface area contributed by atoms with Crippen LogP contribution >= 0.6 is 23.5 Å². The Labute approximate surface area is 180 Å². The number of anilines is 1. The molecule has 2 heterocycles. The molecular formula is C22H27N3O2S2. The van der Waals surface area contributed by atoms with Gasteiger partial charge < -0.3 is 10.1 Å². The molecule has 1 saturated carbocycles. The van der Waals surface area contributed by atoms with Gasteiger partial charge in [-0.25, -0.2) is 9.97 Å². The van der Waals surface area contributed by atoms with Crippen LogP contribution in [-0.4, -0.2) is 33.5 Å². The maximum atomic E-state index is 13.0. The van der Waals surface area contributed by atoms with Crippen molar-refractivity contribution in [1.29, 1.82) is 0 Å². The molecule has 1 fully saturated rings. The predicted octanol–water partition coefficient (Wildman–Crippen LogP) is 5.37. The second-order valence-corrected chi connectivity index (χ2v) is 10.2. The van der Waals surface area contributed by atoms with Crippen LogP contribution in [0.4, 0.5) is 5.69 Å². The van der Waals surface area contributed by atoms with Crippen LogP contribution in [-0.2, 0) is 4.79 Å². The highest BCUT2D eigenvalue weighted by molar-refractivity contribution is 8.01. The zero-order valence-corrected chi connectivity index (χ0v) is 18.7. The number of carbonyl (C=O) groups excluding carboxylic acids is 1. The zero-order valence-electron chi connectivity index (χ0n) is 17.1. The van der Waals surface area contributed by atoms with Crippen molar-refractivity contribution in [3.05, 3.63) is 36.2 Å². The van der Waals surface area contributed by atoms with E-state index in [0.29, 0.717) is 22.6 Å². The van der Waals surface area contributed by atoms with Crippen molar-refractivity contribution in [3.8, 4) is 5.75 Å². The summed E-state index contributed by atoms with van der Waals surface area (Å²) in [6, 6.07) is 7.50. The molecule has 1 aromatic heterocycles. The first kappa shape index (κ1) is 20.5. The molecule has 154 valence electrons. The number of benzene rings is 1. The van der Waals surface area contributed by atoms with Gasteiger partial charge in [0.1, 0.15) is 22.1 Å². The normalized spacial score (nSPS) is 23.8. The van der Waals surface area contributed by atoms with Crippen molar-refractivity contribution in [2.45, 2.75) is 66.0 Å². The van der Waals surface area contributed by atoms with E-state index < -0.39 is 0 Å². The number of hydrogen-bond donors (Lipinski definition) is 1. The van der Waals surface area contributed by atoms with Gasteiger partial charge in [-0.3, -0.25) is 4.79 Å². The van der Waals surface area contributed by atoms with E-state index in [4.69, 9.17) is 4.74 Å². The first-order chi connectivity index (χ1) is 14.1. The van der Waals surface area contributed by atoms with E-state index in [1.807, 2.05) is 43.0 Å². The van der Waals surface area contributed by atoms with Crippen molar-refractivity contribution in [1.82, 2.24) is 9.97 Å². The minimum absolute atomic E-state index is 0.0196. The molecule has 2 aromatic rings. The maximum absolute atomic E-state index is 13.0. The Bertz CT molecular complexity index is 892. The molecule has 0 spiro atoms. The molecule has 1 N–H and O–H groups in total. The van der Waals surface area contributed by atoms with E-state index in [9.17, 15) is 4.79 Å². The standard InChI is InChI=1S/C22H27N3O2S2/c1-4-17(20(26)25-15-7-5-6-8-16(15)27-3)28-21-19-14-10-9-13(2)11-18(14)29-22(19)24-12-23-21/h5-8,12-14,17-18H,4,9-11H2,1-3H3,(H,25,26). The first-order valence-corrected chi connectivity index (χ1v) is 12.0. The highest BCUT2D eigenvalue weighted by atomic mass is 32.2. The Morgan fingerprint density at radius 2 is 2.17 bits per heavy atom. The third kappa shape index (κ3) is 4.26. The summed E-state index contributed by atoms with van der Waals surface area (Å²) in [6.45, 7) is 4.39. The van der Waals surface area contributed by atoms with E-state index in [2.05, 4.69) is 22.2 Å². The van der Waals surface area contributed by atoms with Crippen molar-refractivity contribution >= 4 is 35.1 Å². The summed E-state index contributed by atoms with van der Waals surface area (Å²) in [5.74, 6) is 1.94. The number of fused-ring (bicyclic) bond motifs is 3. The summed E-state index contributed by atoms with van der Waals surface area (Å²) in [5, 5.41) is 5.51. The zero-order chi connectivity index (χ0) is 20.4. The summed E-state index contributed by atoms with van der Waals surface area (Å²) >= 11 is 3.48. The predicted molar refractivity (Wildman–Crippen MR) is 119 cm³/mol. The molecule has 4 atom stereocenters. The Balaban J connectivity index is 1.53. The number of rotatable bonds is 6. The Kier molecular flexibility index (Phi) is 6.35. The van der Waals surface area contributed by atoms with Gasteiger partial charge in [0.25, 0.3) is 0 Å². The third-order valence-electron chi connectivity index (χ3n) is 5.78. The molecule has 0 saturated heterocycles. The van der Waals surface area contributed by atoms with Gasteiger partial charge in [-0.05, 0) is 37.3 Å². The van der Waals surface area contributed by atoms with Crippen LogP contribution in [0.15, 0.2) is 40.6 Å². The summed E-state index contributed by atoms with van der Waals surface area (Å²) in [7, 11) is 1.61. The topological polar surface area (TPSA) is 64.1 Å². The maximum Gasteiger partial charge on any atom is 0.238 e. The van der Waals surface area contributed by atoms with Crippen molar-refractivity contribution in [2.75, 3.05) is 12.4 Å². The summed E-state index contributed by atoms with van der Waals surface area (Å²) < 4.78 is 5.36. The number of para-hydroxylation sites is 2. The minimum atomic E-state index is -0.217. The molecule has 2 aliphatic rings. The average molecular weight is 430 g/mol. The summed E-state index contributed by atoms with van der Waals surface area (Å²) in [5.41, 5.74) is 1.98. The molecule has 0 radical (unpaired) electrons. The third-order valence-corrected chi connectivity index (χ3v) is 8.53. The number of ether oxygens (including phenoxy) is 1. The fraction of sp³-hybridized carbons (Fsp3) is 0.500. The van der Waals surface area contributed by atoms with Crippen LogP contribution in [0.25, 0.3) is 0 Å². The molecule has 5 nitrogen and oxygen atoms in total. The second kappa shape index (κ2) is 8.96. The minimum Gasteiger partial charge on any atom is -0.495 e. The Morgan fingerprint density at radius 1 is 1.34 bits per heavy atom. The highest BCUT2D eigenvalue weighted by Crippen LogP contribution is 2.54. The molecule has 4 unspecified atom stereocenters. The van der Waals surface area contributed by atoms with E-state index in [1.165, 1.54) is 24.8 Å². The van der Waals surface area contributed by atoms with E-state index >= 15 is 0 Å². The lowest BCUT2D eigenvalue weighted by Gasteiger charge is -2.29. The summed E-state index contributed by atoms with van der Waals surface area (Å²) in [4.78, 5) is 22.2. The number of nitrogens with zero attached hydrogens (tertiary/aromatic N) is 2. The van der Waals surface area contributed by atoms with Crippen LogP contribution in [0, 0.1) is 5.92 Å². The van der Waals surface area contributed by atoms with Gasteiger partial charge in [-0.1, -0.05) is 44.2 Å². The first-order valence-electron chi connectivity index (χ1n) is 10.2. The highest BCUT2D eigenvalue weighted by Gasteiger charge is 2.40. The van der Waals surface area contributed by atoms with Gasteiger partial charge in [-0.2, -0.15) is 0 Å². The Hall–Kier alpha value is -1.73. The average Bonchev–Trinajstić information content (AvgIpc) is 3.10. The van der Waals surface area contributed by atoms with Crippen LogP contribution in [0.1, 0.15) is 51.0 Å². The lowest BCUT2D eigenvalue weighted by molar-refractivity contribution is -0.115. The molecule has 1 aliphatic carbocycles. The fourth-order valence-electron chi connectivity index (χ4n) is 4.22. The SMILES string of the molecule is CCC(Sc1ncnc2c1C1CCC(C)CC1S2)C(=O)Nc1ccccc1OC. The second-order valence-electron chi connectivity index (χ2n) is 7.78. The van der Waals surface area contributed by atoms with Crippen LogP contribution in [0.2, 0.25) is 0 Å². The van der Waals surface area contributed by atoms with Gasteiger partial charge in [-0.15, -0.1) is 11.8 Å². The smallest absolute Gasteiger partial charge is 0.238 e. The Morgan fingerprint density at radius 3 is 2.97 bits per heavy atom. The van der Waals surface area contributed by atoms with Crippen molar-refractivity contribution in [2.24, 2.45) is 5.92 Å². The van der Waals surface area contributed by atoms with Crippen LogP contribution in [0.3, 0.4) is 0 Å². The van der Waals surface area contributed by atoms with E-state index in [1.54, 1.807) is 25.2 Å². The van der Waals surface area contributed by atoms with Gasteiger partial charge in [0.2, 0.25) is 5.91 Å². The number of hydrogen-bond acceptors (Lipinski definition) is 6. The fourth-order valence-corrected chi connectivity index (χ4v) is 7.00. The van der Waals surface area contributed by atoms with Crippen LogP contribution < -0.4 is 10.1 Å². The molecule has 29 heavy (non-hydrogen) atoms. The number of thioether (sulfide) groups is 2. The van der Waals surface area contributed by atoms with Crippen molar-refractivity contribution < 1.29 is 9.53 Å². The number of nitrogens with one attached hydrogen (secondary N) is 1. The van der Waals surface area contributed by atoms with E-state index in [-0.39, 0.29) is 11.2 Å².